The van der Waals surface area contributed by atoms with E-state index < -0.39 is 5.82 Å². The summed E-state index contributed by atoms with van der Waals surface area (Å²) in [4.78, 5) is 13.1. The minimum absolute atomic E-state index is 0.132. The largest absolute Gasteiger partial charge is 0.336 e. The van der Waals surface area contributed by atoms with Crippen molar-refractivity contribution in [3.05, 3.63) is 46.5 Å². The predicted octanol–water partition coefficient (Wildman–Crippen LogP) is 4.67. The summed E-state index contributed by atoms with van der Waals surface area (Å²) >= 11 is 13.4. The van der Waals surface area contributed by atoms with Crippen LogP contribution in [0.3, 0.4) is 0 Å². The van der Waals surface area contributed by atoms with E-state index in [1.54, 1.807) is 11.8 Å². The van der Waals surface area contributed by atoms with Gasteiger partial charge in [0.05, 0.1) is 26.3 Å². The summed E-state index contributed by atoms with van der Waals surface area (Å²) in [7, 11) is 0. The van der Waals surface area contributed by atoms with E-state index in [4.69, 9.17) is 23.2 Å². The van der Waals surface area contributed by atoms with Gasteiger partial charge in [-0.25, -0.2) is 19.3 Å². The molecule has 2 aromatic heterocycles. The highest BCUT2D eigenvalue weighted by Crippen LogP contribution is 2.33. The van der Waals surface area contributed by atoms with Gasteiger partial charge in [0, 0.05) is 11.8 Å². The number of hydrogen-bond acceptors (Lipinski definition) is 6. The van der Waals surface area contributed by atoms with Gasteiger partial charge in [-0.1, -0.05) is 23.2 Å². The Hall–Kier alpha value is -1.67. The van der Waals surface area contributed by atoms with E-state index in [-0.39, 0.29) is 15.7 Å². The lowest BCUT2D eigenvalue weighted by Crippen LogP contribution is -2.10. The number of nitrogens with zero attached hydrogens (tertiary/aromatic N) is 3. The number of hydrogen-bond donors (Lipinski definition) is 2. The van der Waals surface area contributed by atoms with E-state index >= 15 is 0 Å². The fourth-order valence-corrected chi connectivity index (χ4v) is 4.11. The molecule has 0 bridgehead atoms. The Kier molecular flexibility index (Phi) is 5.13. The second kappa shape index (κ2) is 7.52. The third kappa shape index (κ3) is 3.57. The normalized spacial score (nSPS) is 17.0. The number of nitrogens with one attached hydrogen (secondary N) is 2. The third-order valence-corrected chi connectivity index (χ3v) is 6.03. The topological polar surface area (TPSA) is 62.7 Å². The van der Waals surface area contributed by atoms with Gasteiger partial charge in [-0.15, -0.1) is 11.8 Å². The van der Waals surface area contributed by atoms with Crippen molar-refractivity contribution < 1.29 is 4.39 Å². The summed E-state index contributed by atoms with van der Waals surface area (Å²) in [6, 6.07) is 6.88. The Balaban J connectivity index is 1.69. The molecule has 0 spiro atoms. The van der Waals surface area contributed by atoms with Crippen LogP contribution in [0.5, 0.6) is 0 Å². The molecule has 1 fully saturated rings. The lowest BCUT2D eigenvalue weighted by molar-refractivity contribution is 0.632. The lowest BCUT2D eigenvalue weighted by Gasteiger charge is -2.12. The molecule has 1 aromatic carbocycles. The Labute approximate surface area is 163 Å². The molecule has 0 aliphatic carbocycles. The van der Waals surface area contributed by atoms with Crippen LogP contribution in [0.4, 0.5) is 15.9 Å². The van der Waals surface area contributed by atoms with E-state index in [0.717, 1.165) is 24.5 Å². The van der Waals surface area contributed by atoms with Crippen LogP contribution in [-0.2, 0) is 0 Å². The molecule has 2 N–H and O–H groups in total. The van der Waals surface area contributed by atoms with Crippen molar-refractivity contribution in [1.82, 2.24) is 20.3 Å². The van der Waals surface area contributed by atoms with Crippen LogP contribution < -0.4 is 10.6 Å². The van der Waals surface area contributed by atoms with Crippen molar-refractivity contribution in [2.45, 2.75) is 16.7 Å². The molecular formula is C17H14Cl2FN5S. The molecule has 1 saturated heterocycles. The van der Waals surface area contributed by atoms with Crippen molar-refractivity contribution in [3.63, 3.8) is 0 Å². The standard InChI is InChI=1S/C17H14Cl2FN5S/c18-10-1-2-11(15(20)14(10)19)24-17-16-12(22-8-23-17)3-4-13(25-16)26-9-5-6-21-7-9/h1-4,8-9,21H,5-7H2,(H,22,23,24)/t9-/m0/s1. The summed E-state index contributed by atoms with van der Waals surface area (Å²) in [6.07, 6.45) is 2.52. The zero-order chi connectivity index (χ0) is 18.1. The van der Waals surface area contributed by atoms with Gasteiger partial charge in [-0.3, -0.25) is 0 Å². The van der Waals surface area contributed by atoms with Gasteiger partial charge in [0.25, 0.3) is 0 Å². The first-order valence-corrected chi connectivity index (χ1v) is 9.65. The first-order chi connectivity index (χ1) is 12.6. The van der Waals surface area contributed by atoms with Gasteiger partial charge in [0.1, 0.15) is 11.8 Å². The summed E-state index contributed by atoms with van der Waals surface area (Å²) in [5.41, 5.74) is 1.44. The van der Waals surface area contributed by atoms with Gasteiger partial charge < -0.3 is 10.6 Å². The Morgan fingerprint density at radius 2 is 2.08 bits per heavy atom. The fourth-order valence-electron chi connectivity index (χ4n) is 2.73. The molecule has 0 radical (unpaired) electrons. The zero-order valence-electron chi connectivity index (χ0n) is 13.5. The number of thioether (sulfide) groups is 1. The van der Waals surface area contributed by atoms with Crippen molar-refractivity contribution in [1.29, 1.82) is 0 Å². The molecular weight excluding hydrogens is 396 g/mol. The molecule has 134 valence electrons. The quantitative estimate of drug-likeness (QED) is 0.610. The maximum Gasteiger partial charge on any atom is 0.166 e. The molecule has 0 saturated carbocycles. The van der Waals surface area contributed by atoms with Crippen LogP contribution >= 0.6 is 35.0 Å². The molecule has 1 aliphatic heterocycles. The molecule has 9 heteroatoms. The van der Waals surface area contributed by atoms with Gasteiger partial charge in [-0.05, 0) is 37.2 Å². The highest BCUT2D eigenvalue weighted by Gasteiger charge is 2.18. The monoisotopic (exact) mass is 409 g/mol. The maximum absolute atomic E-state index is 14.3. The highest BCUT2D eigenvalue weighted by atomic mass is 35.5. The molecule has 3 aromatic rings. The molecule has 4 rings (SSSR count). The first-order valence-electron chi connectivity index (χ1n) is 8.01. The number of fused-ring (bicyclic) bond motifs is 1. The first kappa shape index (κ1) is 17.7. The predicted molar refractivity (Wildman–Crippen MR) is 104 cm³/mol. The van der Waals surface area contributed by atoms with Crippen LogP contribution in [-0.4, -0.2) is 33.3 Å². The van der Waals surface area contributed by atoms with Gasteiger partial charge in [0.2, 0.25) is 0 Å². The number of pyridine rings is 1. The average Bonchev–Trinajstić information content (AvgIpc) is 3.15. The highest BCUT2D eigenvalue weighted by molar-refractivity contribution is 7.99. The number of benzene rings is 1. The molecule has 5 nitrogen and oxygen atoms in total. The van der Waals surface area contributed by atoms with Gasteiger partial charge >= 0.3 is 0 Å². The van der Waals surface area contributed by atoms with E-state index in [0.29, 0.717) is 22.1 Å². The van der Waals surface area contributed by atoms with Crippen LogP contribution in [0.2, 0.25) is 10.0 Å². The Bertz CT molecular complexity index is 965. The second-order valence-corrected chi connectivity index (χ2v) is 7.93. The van der Waals surface area contributed by atoms with Crippen LogP contribution in [0, 0.1) is 5.82 Å². The molecule has 1 aliphatic rings. The number of aromatic nitrogens is 3. The summed E-state index contributed by atoms with van der Waals surface area (Å²) in [6.45, 7) is 1.99. The average molecular weight is 410 g/mol. The van der Waals surface area contributed by atoms with Crippen LogP contribution in [0.25, 0.3) is 11.0 Å². The third-order valence-electron chi connectivity index (χ3n) is 4.05. The van der Waals surface area contributed by atoms with Crippen molar-refractivity contribution in [2.75, 3.05) is 18.4 Å². The molecule has 0 unspecified atom stereocenters. The van der Waals surface area contributed by atoms with Crippen LogP contribution in [0.15, 0.2) is 35.6 Å². The number of anilines is 2. The van der Waals surface area contributed by atoms with Gasteiger partial charge in [-0.2, -0.15) is 0 Å². The summed E-state index contributed by atoms with van der Waals surface area (Å²) in [5, 5.41) is 7.70. The van der Waals surface area contributed by atoms with E-state index in [2.05, 4.69) is 25.6 Å². The minimum atomic E-state index is -0.631. The Morgan fingerprint density at radius 1 is 1.19 bits per heavy atom. The van der Waals surface area contributed by atoms with E-state index in [1.165, 1.54) is 18.5 Å². The minimum Gasteiger partial charge on any atom is -0.336 e. The second-order valence-electron chi connectivity index (χ2n) is 5.82. The van der Waals surface area contributed by atoms with Crippen molar-refractivity contribution >= 4 is 57.5 Å². The zero-order valence-corrected chi connectivity index (χ0v) is 15.8. The Morgan fingerprint density at radius 3 is 2.88 bits per heavy atom. The van der Waals surface area contributed by atoms with Crippen LogP contribution in [0.1, 0.15) is 6.42 Å². The van der Waals surface area contributed by atoms with Crippen molar-refractivity contribution in [2.24, 2.45) is 0 Å². The summed E-state index contributed by atoms with van der Waals surface area (Å²) in [5.74, 6) is -0.215. The molecule has 1 atom stereocenters. The molecule has 26 heavy (non-hydrogen) atoms. The number of halogens is 3. The van der Waals surface area contributed by atoms with E-state index in [9.17, 15) is 4.39 Å². The fraction of sp³-hybridized carbons (Fsp3) is 0.235. The lowest BCUT2D eigenvalue weighted by atomic mass is 10.3. The SMILES string of the molecule is Fc1c(Nc2ncnc3ccc(S[C@H]4CCNC4)nc23)ccc(Cl)c1Cl. The van der Waals surface area contributed by atoms with Gasteiger partial charge in [0.15, 0.2) is 11.6 Å². The maximum atomic E-state index is 14.3. The van der Waals surface area contributed by atoms with E-state index in [1.807, 2.05) is 12.1 Å². The smallest absolute Gasteiger partial charge is 0.166 e. The summed E-state index contributed by atoms with van der Waals surface area (Å²) < 4.78 is 14.3. The molecule has 0 amide bonds. The number of rotatable bonds is 4. The van der Waals surface area contributed by atoms with Crippen molar-refractivity contribution in [3.8, 4) is 0 Å². The molecule has 3 heterocycles.